The lowest BCUT2D eigenvalue weighted by Crippen LogP contribution is -2.50. The summed E-state index contributed by atoms with van der Waals surface area (Å²) in [6.07, 6.45) is 4.58. The predicted molar refractivity (Wildman–Crippen MR) is 69.7 cm³/mol. The number of thiazole rings is 1. The van der Waals surface area contributed by atoms with Gasteiger partial charge in [0.1, 0.15) is 9.88 Å². The Bertz CT molecular complexity index is 379. The highest BCUT2D eigenvalue weighted by Crippen LogP contribution is 2.27. The van der Waals surface area contributed by atoms with Gasteiger partial charge in [-0.25, -0.2) is 4.98 Å². The van der Waals surface area contributed by atoms with Crippen molar-refractivity contribution >= 4 is 29.1 Å². The number of rotatable bonds is 7. The van der Waals surface area contributed by atoms with Crippen LogP contribution >= 0.6 is 23.1 Å². The lowest BCUT2D eigenvalue weighted by Gasteiger charge is -2.26. The van der Waals surface area contributed by atoms with E-state index in [-0.39, 0.29) is 0 Å². The van der Waals surface area contributed by atoms with Gasteiger partial charge in [-0.2, -0.15) is 0 Å². The maximum atomic E-state index is 11.3. The minimum absolute atomic E-state index is 0.404. The number of aromatic nitrogens is 1. The van der Waals surface area contributed by atoms with Crippen LogP contribution in [-0.4, -0.2) is 33.4 Å². The van der Waals surface area contributed by atoms with E-state index in [0.29, 0.717) is 12.5 Å². The highest BCUT2D eigenvalue weighted by Gasteiger charge is 2.37. The Morgan fingerprint density at radius 3 is 3.06 bits per heavy atom. The summed E-state index contributed by atoms with van der Waals surface area (Å²) in [5, 5.41) is 14.4. The molecule has 1 aromatic rings. The van der Waals surface area contributed by atoms with Crippen LogP contribution in [0.25, 0.3) is 0 Å². The van der Waals surface area contributed by atoms with Crippen LogP contribution in [0, 0.1) is 0 Å². The number of nitrogens with one attached hydrogen (secondary N) is 1. The molecule has 0 bridgehead atoms. The minimum Gasteiger partial charge on any atom is -0.480 e. The molecule has 4 nitrogen and oxygen atoms in total. The first kappa shape index (κ1) is 12.9. The number of thioether (sulfide) groups is 1. The third-order valence-corrected chi connectivity index (χ3v) is 4.78. The van der Waals surface area contributed by atoms with Crippen LogP contribution in [0.5, 0.6) is 0 Å². The van der Waals surface area contributed by atoms with Gasteiger partial charge >= 0.3 is 5.97 Å². The first-order valence-corrected chi connectivity index (χ1v) is 7.50. The van der Waals surface area contributed by atoms with Crippen LogP contribution in [-0.2, 0) is 4.79 Å². The fourth-order valence-corrected chi connectivity index (χ4v) is 3.41. The molecule has 94 valence electrons. The van der Waals surface area contributed by atoms with Crippen molar-refractivity contribution in [2.45, 2.75) is 42.1 Å². The first-order chi connectivity index (χ1) is 8.10. The van der Waals surface area contributed by atoms with E-state index in [1.165, 1.54) is 0 Å². The van der Waals surface area contributed by atoms with Crippen molar-refractivity contribution in [1.82, 2.24) is 10.3 Å². The summed E-state index contributed by atoms with van der Waals surface area (Å²) in [4.78, 5) is 15.5. The molecule has 0 aliphatic heterocycles. The van der Waals surface area contributed by atoms with Crippen LogP contribution < -0.4 is 5.32 Å². The quantitative estimate of drug-likeness (QED) is 0.745. The summed E-state index contributed by atoms with van der Waals surface area (Å²) in [6, 6.07) is 0.404. The number of hydrogen-bond donors (Lipinski definition) is 2. The van der Waals surface area contributed by atoms with Crippen LogP contribution in [0.1, 0.15) is 26.2 Å². The van der Waals surface area contributed by atoms with Crippen molar-refractivity contribution in [3.8, 4) is 0 Å². The Morgan fingerprint density at radius 2 is 2.53 bits per heavy atom. The van der Waals surface area contributed by atoms with Gasteiger partial charge in [0.15, 0.2) is 0 Å². The van der Waals surface area contributed by atoms with E-state index in [2.05, 4.69) is 10.3 Å². The molecular weight excluding hydrogens is 256 g/mol. The zero-order valence-corrected chi connectivity index (χ0v) is 11.3. The molecule has 1 aliphatic rings. The second-order valence-electron chi connectivity index (χ2n) is 4.45. The van der Waals surface area contributed by atoms with E-state index in [1.807, 2.05) is 5.38 Å². The second kappa shape index (κ2) is 5.37. The number of aliphatic carboxylic acids is 1. The highest BCUT2D eigenvalue weighted by atomic mass is 32.2. The number of carboxylic acids is 1. The van der Waals surface area contributed by atoms with Crippen LogP contribution in [0.2, 0.25) is 0 Å². The summed E-state index contributed by atoms with van der Waals surface area (Å²) in [7, 11) is 0. The molecule has 2 rings (SSSR count). The molecule has 1 aromatic heterocycles. The fourth-order valence-electron chi connectivity index (χ4n) is 1.54. The van der Waals surface area contributed by atoms with E-state index in [0.717, 1.165) is 22.9 Å². The molecule has 1 unspecified atom stereocenters. The molecule has 1 heterocycles. The average molecular weight is 272 g/mol. The highest BCUT2D eigenvalue weighted by molar-refractivity contribution is 8.00. The Balaban J connectivity index is 1.82. The molecule has 1 fully saturated rings. The Labute approximate surface area is 109 Å². The van der Waals surface area contributed by atoms with Crippen molar-refractivity contribution in [2.24, 2.45) is 0 Å². The van der Waals surface area contributed by atoms with Gasteiger partial charge in [0.25, 0.3) is 0 Å². The predicted octanol–water partition coefficient (Wildman–Crippen LogP) is 2.22. The molecule has 1 aliphatic carbocycles. The van der Waals surface area contributed by atoms with Crippen LogP contribution in [0.15, 0.2) is 15.9 Å². The molecule has 17 heavy (non-hydrogen) atoms. The molecule has 0 saturated heterocycles. The standard InChI is InChI=1S/C11H16N2O2S2/c1-11(9(14)15,13-8-2-3-8)4-6-16-10-12-5-7-17-10/h5,7-8,13H,2-4,6H2,1H3,(H,14,15). The van der Waals surface area contributed by atoms with Crippen molar-refractivity contribution in [2.75, 3.05) is 5.75 Å². The van der Waals surface area contributed by atoms with E-state index in [9.17, 15) is 9.90 Å². The zero-order chi connectivity index (χ0) is 12.3. The van der Waals surface area contributed by atoms with Crippen molar-refractivity contribution < 1.29 is 9.90 Å². The third-order valence-electron chi connectivity index (χ3n) is 2.81. The minimum atomic E-state index is -0.800. The van der Waals surface area contributed by atoms with Gasteiger partial charge in [-0.3, -0.25) is 10.1 Å². The van der Waals surface area contributed by atoms with Gasteiger partial charge in [0.05, 0.1) is 0 Å². The molecule has 0 aromatic carbocycles. The molecular formula is C11H16N2O2S2. The Hall–Kier alpha value is -0.590. The summed E-state index contributed by atoms with van der Waals surface area (Å²) in [5.41, 5.74) is -0.800. The molecule has 1 atom stereocenters. The number of carbonyl (C=O) groups is 1. The molecule has 0 radical (unpaired) electrons. The Kier molecular flexibility index (Phi) is 4.06. The van der Waals surface area contributed by atoms with Gasteiger partial charge in [0.2, 0.25) is 0 Å². The normalized spacial score (nSPS) is 18.9. The number of carboxylic acid groups (broad SMARTS) is 1. The SMILES string of the molecule is CC(CCSc1nccs1)(NC1CC1)C(=O)O. The smallest absolute Gasteiger partial charge is 0.323 e. The monoisotopic (exact) mass is 272 g/mol. The molecule has 6 heteroatoms. The molecule has 1 saturated carbocycles. The summed E-state index contributed by atoms with van der Waals surface area (Å²) in [5.74, 6) is 0.0138. The maximum Gasteiger partial charge on any atom is 0.323 e. The average Bonchev–Trinajstić information content (AvgIpc) is 2.93. The van der Waals surface area contributed by atoms with Crippen molar-refractivity contribution in [3.63, 3.8) is 0 Å². The lowest BCUT2D eigenvalue weighted by molar-refractivity contribution is -0.144. The topological polar surface area (TPSA) is 62.2 Å². The molecule has 0 spiro atoms. The van der Waals surface area contributed by atoms with Crippen LogP contribution in [0.4, 0.5) is 0 Å². The van der Waals surface area contributed by atoms with Gasteiger partial charge in [0, 0.05) is 23.4 Å². The molecule has 0 amide bonds. The lowest BCUT2D eigenvalue weighted by atomic mass is 9.99. The maximum absolute atomic E-state index is 11.3. The van der Waals surface area contributed by atoms with Crippen LogP contribution in [0.3, 0.4) is 0 Å². The van der Waals surface area contributed by atoms with Gasteiger partial charge < -0.3 is 5.11 Å². The summed E-state index contributed by atoms with van der Waals surface area (Å²) in [6.45, 7) is 1.77. The second-order valence-corrected chi connectivity index (χ2v) is 6.69. The van der Waals surface area contributed by atoms with Gasteiger partial charge in [-0.15, -0.1) is 11.3 Å². The van der Waals surface area contributed by atoms with Crippen molar-refractivity contribution in [1.29, 1.82) is 0 Å². The fraction of sp³-hybridized carbons (Fsp3) is 0.636. The van der Waals surface area contributed by atoms with E-state index in [1.54, 1.807) is 36.2 Å². The van der Waals surface area contributed by atoms with E-state index < -0.39 is 11.5 Å². The molecule has 2 N–H and O–H groups in total. The number of hydrogen-bond acceptors (Lipinski definition) is 5. The van der Waals surface area contributed by atoms with Crippen molar-refractivity contribution in [3.05, 3.63) is 11.6 Å². The Morgan fingerprint density at radius 1 is 1.76 bits per heavy atom. The number of nitrogens with zero attached hydrogens (tertiary/aromatic N) is 1. The van der Waals surface area contributed by atoms with Gasteiger partial charge in [-0.1, -0.05) is 11.8 Å². The zero-order valence-electron chi connectivity index (χ0n) is 9.68. The summed E-state index contributed by atoms with van der Waals surface area (Å²) < 4.78 is 1.00. The van der Waals surface area contributed by atoms with Gasteiger partial charge in [-0.05, 0) is 26.2 Å². The third kappa shape index (κ3) is 3.69. The van der Waals surface area contributed by atoms with E-state index >= 15 is 0 Å². The first-order valence-electron chi connectivity index (χ1n) is 5.63. The van der Waals surface area contributed by atoms with E-state index in [4.69, 9.17) is 0 Å². The largest absolute Gasteiger partial charge is 0.480 e. The summed E-state index contributed by atoms with van der Waals surface area (Å²) >= 11 is 3.22.